The van der Waals surface area contributed by atoms with Crippen LogP contribution in [0.1, 0.15) is 18.3 Å². The third-order valence-electron chi connectivity index (χ3n) is 3.69. The van der Waals surface area contributed by atoms with Crippen LogP contribution in [0.15, 0.2) is 63.9 Å². The fraction of sp³-hybridized carbons (Fsp3) is 0.105. The van der Waals surface area contributed by atoms with Crippen LogP contribution in [0.5, 0.6) is 0 Å². The number of aromatic amines is 1. The summed E-state index contributed by atoms with van der Waals surface area (Å²) in [5, 5.41) is 23.6. The second-order valence-corrected chi connectivity index (χ2v) is 6.41. The van der Waals surface area contributed by atoms with Gasteiger partial charge in [-0.05, 0) is 36.8 Å². The second-order valence-electron chi connectivity index (χ2n) is 5.49. The predicted molar refractivity (Wildman–Crippen MR) is 104 cm³/mol. The number of para-hydroxylation sites is 2. The van der Waals surface area contributed by atoms with Crippen LogP contribution >= 0.6 is 15.9 Å². The molecule has 1 heterocycles. The molecule has 6 nitrogen and oxygen atoms in total. The molecule has 3 aromatic rings. The highest BCUT2D eigenvalue weighted by molar-refractivity contribution is 9.10. The third-order valence-corrected chi connectivity index (χ3v) is 4.22. The number of nitriles is 1. The monoisotopic (exact) mass is 410 g/mol. The van der Waals surface area contributed by atoms with E-state index in [0.29, 0.717) is 17.1 Å². The quantitative estimate of drug-likeness (QED) is 0.279. The first-order chi connectivity index (χ1) is 12.6. The number of nitrogens with zero attached hydrogens (tertiary/aromatic N) is 3. The van der Waals surface area contributed by atoms with Gasteiger partial charge in [0.05, 0.1) is 16.7 Å². The van der Waals surface area contributed by atoms with E-state index in [1.54, 1.807) is 6.92 Å². The largest absolute Gasteiger partial charge is 0.507 e. The zero-order valence-electron chi connectivity index (χ0n) is 13.9. The molecule has 0 saturated heterocycles. The maximum Gasteiger partial charge on any atom is 0.175 e. The number of nitrogens with one attached hydrogen (secondary N) is 1. The smallest absolute Gasteiger partial charge is 0.175 e. The van der Waals surface area contributed by atoms with Gasteiger partial charge in [0.2, 0.25) is 0 Å². The van der Waals surface area contributed by atoms with Crippen molar-refractivity contribution in [1.82, 2.24) is 9.97 Å². The van der Waals surface area contributed by atoms with Gasteiger partial charge in [-0.2, -0.15) is 5.26 Å². The van der Waals surface area contributed by atoms with Gasteiger partial charge >= 0.3 is 0 Å². The highest BCUT2D eigenvalue weighted by Gasteiger charge is 2.13. The molecule has 0 amide bonds. The Hall–Kier alpha value is -3.11. The standard InChI is InChI=1S/C19H15BrN4O2/c1-12(13-6-8-14(20)9-7-13)24-26-11-18(25)15(10-21)19-22-16-4-2-3-5-17(16)23-19/h2-9,25H,11H2,1H3,(H,22,23)/b18-15-,24-12+. The van der Waals surface area contributed by atoms with E-state index in [1.807, 2.05) is 54.6 Å². The summed E-state index contributed by atoms with van der Waals surface area (Å²) in [4.78, 5) is 12.5. The predicted octanol–water partition coefficient (Wildman–Crippen LogP) is 4.56. The number of aliphatic hydroxyl groups excluding tert-OH is 1. The summed E-state index contributed by atoms with van der Waals surface area (Å²) in [5.74, 6) is 0.0577. The normalized spacial score (nSPS) is 12.6. The first-order valence-corrected chi connectivity index (χ1v) is 8.57. The number of H-pyrrole nitrogens is 1. The second kappa shape index (κ2) is 7.85. The van der Waals surface area contributed by atoms with Gasteiger partial charge in [0.1, 0.15) is 11.6 Å². The highest BCUT2D eigenvalue weighted by atomic mass is 79.9. The van der Waals surface area contributed by atoms with Crippen molar-refractivity contribution in [3.8, 4) is 6.07 Å². The molecule has 2 aromatic carbocycles. The fourth-order valence-electron chi connectivity index (χ4n) is 2.33. The highest BCUT2D eigenvalue weighted by Crippen LogP contribution is 2.19. The van der Waals surface area contributed by atoms with Crippen molar-refractivity contribution in [2.75, 3.05) is 6.61 Å². The lowest BCUT2D eigenvalue weighted by Gasteiger charge is -2.04. The van der Waals surface area contributed by atoms with E-state index in [9.17, 15) is 10.4 Å². The topological polar surface area (TPSA) is 94.3 Å². The summed E-state index contributed by atoms with van der Waals surface area (Å²) in [5.41, 5.74) is 3.08. The molecule has 3 rings (SSSR count). The number of oxime groups is 1. The van der Waals surface area contributed by atoms with Crippen molar-refractivity contribution in [3.05, 3.63) is 70.2 Å². The van der Waals surface area contributed by atoms with Crippen molar-refractivity contribution < 1.29 is 9.94 Å². The van der Waals surface area contributed by atoms with Crippen LogP contribution in [-0.4, -0.2) is 27.4 Å². The maximum absolute atomic E-state index is 10.2. The molecule has 7 heteroatoms. The van der Waals surface area contributed by atoms with E-state index in [2.05, 4.69) is 31.1 Å². The molecule has 0 aliphatic carbocycles. The molecule has 0 atom stereocenters. The van der Waals surface area contributed by atoms with E-state index in [4.69, 9.17) is 4.84 Å². The van der Waals surface area contributed by atoms with E-state index < -0.39 is 0 Å². The number of hydrogen-bond donors (Lipinski definition) is 2. The molecule has 2 N–H and O–H groups in total. The van der Waals surface area contributed by atoms with Gasteiger partial charge in [0.15, 0.2) is 18.2 Å². The minimum absolute atomic E-state index is 0.0256. The van der Waals surface area contributed by atoms with Crippen LogP contribution in [0.3, 0.4) is 0 Å². The number of fused-ring (bicyclic) bond motifs is 1. The molecular formula is C19H15BrN4O2. The van der Waals surface area contributed by atoms with Crippen LogP contribution in [0.4, 0.5) is 0 Å². The molecule has 0 unspecified atom stereocenters. The lowest BCUT2D eigenvalue weighted by molar-refractivity contribution is 0.137. The molecule has 0 fully saturated rings. The summed E-state index contributed by atoms with van der Waals surface area (Å²) in [6.45, 7) is 1.57. The van der Waals surface area contributed by atoms with Crippen molar-refractivity contribution >= 4 is 38.2 Å². The Kier molecular flexibility index (Phi) is 5.34. The number of hydrogen-bond acceptors (Lipinski definition) is 5. The maximum atomic E-state index is 10.2. The number of rotatable bonds is 5. The molecule has 26 heavy (non-hydrogen) atoms. The molecule has 0 spiro atoms. The summed E-state index contributed by atoms with van der Waals surface area (Å²) >= 11 is 3.38. The van der Waals surface area contributed by atoms with Gasteiger partial charge in [0.25, 0.3) is 0 Å². The molecule has 0 aliphatic rings. The van der Waals surface area contributed by atoms with Gasteiger partial charge in [-0.15, -0.1) is 0 Å². The van der Waals surface area contributed by atoms with Crippen LogP contribution in [0, 0.1) is 11.3 Å². The molecule has 1 aromatic heterocycles. The van der Waals surface area contributed by atoms with Crippen molar-refractivity contribution in [2.24, 2.45) is 5.16 Å². The van der Waals surface area contributed by atoms with Crippen molar-refractivity contribution in [2.45, 2.75) is 6.92 Å². The summed E-state index contributed by atoms with van der Waals surface area (Å²) in [6, 6.07) is 17.0. The molecular weight excluding hydrogens is 396 g/mol. The van der Waals surface area contributed by atoms with Crippen LogP contribution in [0.2, 0.25) is 0 Å². The molecule has 0 aliphatic heterocycles. The molecule has 0 radical (unpaired) electrons. The Morgan fingerprint density at radius 2 is 2.00 bits per heavy atom. The zero-order chi connectivity index (χ0) is 18.5. The van der Waals surface area contributed by atoms with Crippen molar-refractivity contribution in [1.29, 1.82) is 5.26 Å². The van der Waals surface area contributed by atoms with E-state index in [0.717, 1.165) is 15.6 Å². The lowest BCUT2D eigenvalue weighted by atomic mass is 10.1. The average molecular weight is 411 g/mol. The van der Waals surface area contributed by atoms with Gasteiger partial charge < -0.3 is 14.9 Å². The van der Waals surface area contributed by atoms with E-state index in [-0.39, 0.29) is 17.9 Å². The van der Waals surface area contributed by atoms with Gasteiger partial charge in [-0.1, -0.05) is 45.4 Å². The Bertz CT molecular complexity index is 997. The number of aromatic nitrogens is 2. The number of aliphatic hydroxyl groups is 1. The van der Waals surface area contributed by atoms with Gasteiger partial charge in [0, 0.05) is 4.47 Å². The van der Waals surface area contributed by atoms with Crippen LogP contribution < -0.4 is 0 Å². The number of benzene rings is 2. The summed E-state index contributed by atoms with van der Waals surface area (Å²) < 4.78 is 0.972. The number of imidazole rings is 1. The van der Waals surface area contributed by atoms with Crippen LogP contribution in [0.25, 0.3) is 16.6 Å². The first-order valence-electron chi connectivity index (χ1n) is 7.78. The van der Waals surface area contributed by atoms with E-state index >= 15 is 0 Å². The minimum atomic E-state index is -0.237. The van der Waals surface area contributed by atoms with Crippen molar-refractivity contribution in [3.63, 3.8) is 0 Å². The van der Waals surface area contributed by atoms with Crippen LogP contribution in [-0.2, 0) is 4.84 Å². The Labute approximate surface area is 158 Å². The minimum Gasteiger partial charge on any atom is -0.507 e. The average Bonchev–Trinajstić information content (AvgIpc) is 3.06. The summed E-state index contributed by atoms with van der Waals surface area (Å²) in [7, 11) is 0. The number of allylic oxidation sites excluding steroid dienone is 1. The molecule has 0 bridgehead atoms. The van der Waals surface area contributed by atoms with Gasteiger partial charge in [-0.25, -0.2) is 4.98 Å². The number of halogens is 1. The lowest BCUT2D eigenvalue weighted by Crippen LogP contribution is -2.01. The SMILES string of the molecule is C/C(=N\OC/C(O)=C(\C#N)c1nc2ccccc2[nH]1)c1ccc(Br)cc1. The molecule has 130 valence electrons. The van der Waals surface area contributed by atoms with E-state index in [1.165, 1.54) is 0 Å². The first kappa shape index (κ1) is 17.7. The molecule has 0 saturated carbocycles. The Morgan fingerprint density at radius 3 is 2.69 bits per heavy atom. The zero-order valence-corrected chi connectivity index (χ0v) is 15.5. The fourth-order valence-corrected chi connectivity index (χ4v) is 2.60. The Morgan fingerprint density at radius 1 is 1.27 bits per heavy atom. The Balaban J connectivity index is 1.75. The van der Waals surface area contributed by atoms with Gasteiger partial charge in [-0.3, -0.25) is 0 Å². The summed E-state index contributed by atoms with van der Waals surface area (Å²) in [6.07, 6.45) is 0. The third kappa shape index (κ3) is 3.92.